The number of anilines is 1. The van der Waals surface area contributed by atoms with Gasteiger partial charge in [-0.15, -0.1) is 0 Å². The van der Waals surface area contributed by atoms with Gasteiger partial charge in [0.25, 0.3) is 0 Å². The minimum Gasteiger partial charge on any atom is -0.493 e. The Morgan fingerprint density at radius 1 is 1.13 bits per heavy atom. The lowest BCUT2D eigenvalue weighted by Gasteiger charge is -2.28. The molecule has 1 atom stereocenters. The molecular formula is C22H31N5O4. The van der Waals surface area contributed by atoms with Gasteiger partial charge in [-0.2, -0.15) is 4.68 Å². The molecule has 0 fully saturated rings. The summed E-state index contributed by atoms with van der Waals surface area (Å²) in [6.45, 7) is 4.39. The number of allylic oxidation sites excluding steroid dienone is 1. The van der Waals surface area contributed by atoms with Crippen LogP contribution in [0.15, 0.2) is 29.5 Å². The van der Waals surface area contributed by atoms with Crippen molar-refractivity contribution in [3.8, 4) is 11.5 Å². The number of nitrogens with one attached hydrogen (secondary N) is 1. The molecule has 1 aromatic heterocycles. The number of unbranched alkanes of at least 4 members (excludes halogenated alkanes) is 5. The van der Waals surface area contributed by atoms with Gasteiger partial charge in [0.1, 0.15) is 6.04 Å². The third-order valence-corrected chi connectivity index (χ3v) is 5.39. The number of para-hydroxylation sites is 1. The highest BCUT2D eigenvalue weighted by Crippen LogP contribution is 2.42. The summed E-state index contributed by atoms with van der Waals surface area (Å²) in [5.74, 6) is 1.13. The third kappa shape index (κ3) is 4.98. The molecule has 2 aromatic rings. The van der Waals surface area contributed by atoms with E-state index in [1.807, 2.05) is 19.1 Å². The first kappa shape index (κ1) is 22.6. The van der Waals surface area contributed by atoms with Crippen LogP contribution in [-0.2, 0) is 9.53 Å². The van der Waals surface area contributed by atoms with Gasteiger partial charge in [0.2, 0.25) is 5.95 Å². The molecule has 9 nitrogen and oxygen atoms in total. The standard InChI is InChI=1S/C22H31N5O4/c1-5-6-7-8-9-10-14-31-21(28)18-15(2)23-22-24-25-26-27(22)19(18)16-12-11-13-17(29-3)20(16)30-4/h11-13,19H,5-10,14H2,1-4H3,(H,23,24,26). The number of tetrazole rings is 1. The van der Waals surface area contributed by atoms with Crippen molar-refractivity contribution >= 4 is 11.9 Å². The van der Waals surface area contributed by atoms with Gasteiger partial charge in [-0.3, -0.25) is 0 Å². The summed E-state index contributed by atoms with van der Waals surface area (Å²) >= 11 is 0. The molecule has 0 bridgehead atoms. The van der Waals surface area contributed by atoms with E-state index in [1.165, 1.54) is 19.3 Å². The number of esters is 1. The largest absolute Gasteiger partial charge is 0.493 e. The first-order valence-corrected chi connectivity index (χ1v) is 10.8. The van der Waals surface area contributed by atoms with E-state index >= 15 is 0 Å². The zero-order chi connectivity index (χ0) is 22.2. The maximum atomic E-state index is 13.1. The van der Waals surface area contributed by atoms with Crippen molar-refractivity contribution in [2.45, 2.75) is 58.4 Å². The topological polar surface area (TPSA) is 100 Å². The van der Waals surface area contributed by atoms with Crippen molar-refractivity contribution in [3.05, 3.63) is 35.0 Å². The zero-order valence-corrected chi connectivity index (χ0v) is 18.7. The van der Waals surface area contributed by atoms with Crippen LogP contribution in [0.4, 0.5) is 5.95 Å². The van der Waals surface area contributed by atoms with E-state index in [9.17, 15) is 4.79 Å². The molecule has 0 saturated heterocycles. The van der Waals surface area contributed by atoms with Gasteiger partial charge in [0, 0.05) is 11.3 Å². The summed E-state index contributed by atoms with van der Waals surface area (Å²) in [5.41, 5.74) is 1.80. The predicted molar refractivity (Wildman–Crippen MR) is 116 cm³/mol. The molecule has 0 spiro atoms. The second-order valence-electron chi connectivity index (χ2n) is 7.50. The van der Waals surface area contributed by atoms with Crippen LogP contribution in [0.5, 0.6) is 11.5 Å². The Morgan fingerprint density at radius 2 is 1.90 bits per heavy atom. The molecule has 0 radical (unpaired) electrons. The highest BCUT2D eigenvalue weighted by atomic mass is 16.5. The molecule has 3 rings (SSSR count). The van der Waals surface area contributed by atoms with Gasteiger partial charge < -0.3 is 19.5 Å². The minimum atomic E-state index is -0.603. The average Bonchev–Trinajstić information content (AvgIpc) is 3.24. The van der Waals surface area contributed by atoms with E-state index in [0.717, 1.165) is 19.3 Å². The van der Waals surface area contributed by atoms with Crippen LogP contribution in [0, 0.1) is 0 Å². The summed E-state index contributed by atoms with van der Waals surface area (Å²) in [5, 5.41) is 15.0. The molecule has 1 unspecified atom stereocenters. The first-order chi connectivity index (χ1) is 15.1. The first-order valence-electron chi connectivity index (χ1n) is 10.8. The SMILES string of the molecule is CCCCCCCCOC(=O)C1=C(C)Nc2nnnn2C1c1cccc(OC)c1OC. The van der Waals surface area contributed by atoms with Crippen molar-refractivity contribution in [1.29, 1.82) is 0 Å². The number of rotatable bonds is 11. The summed E-state index contributed by atoms with van der Waals surface area (Å²) in [7, 11) is 3.14. The lowest BCUT2D eigenvalue weighted by molar-refractivity contribution is -0.139. The Morgan fingerprint density at radius 3 is 2.65 bits per heavy atom. The summed E-state index contributed by atoms with van der Waals surface area (Å²) in [4.78, 5) is 13.1. The Bertz CT molecular complexity index is 924. The number of carbonyl (C=O) groups excluding carboxylic acids is 1. The van der Waals surface area contributed by atoms with Gasteiger partial charge in [-0.05, 0) is 29.8 Å². The van der Waals surface area contributed by atoms with Crippen LogP contribution >= 0.6 is 0 Å². The molecule has 1 aromatic carbocycles. The number of carbonyl (C=O) groups is 1. The van der Waals surface area contributed by atoms with Crippen LogP contribution in [-0.4, -0.2) is 47.0 Å². The van der Waals surface area contributed by atoms with Crippen molar-refractivity contribution in [2.24, 2.45) is 0 Å². The maximum absolute atomic E-state index is 13.1. The molecule has 0 saturated carbocycles. The van der Waals surface area contributed by atoms with Gasteiger partial charge in [0.15, 0.2) is 11.5 Å². The lowest BCUT2D eigenvalue weighted by Crippen LogP contribution is -2.30. The predicted octanol–water partition coefficient (Wildman–Crippen LogP) is 3.88. The Labute approximate surface area is 182 Å². The zero-order valence-electron chi connectivity index (χ0n) is 18.7. The Balaban J connectivity index is 1.84. The lowest BCUT2D eigenvalue weighted by atomic mass is 9.94. The van der Waals surface area contributed by atoms with E-state index in [0.29, 0.717) is 40.9 Å². The normalized spacial score (nSPS) is 15.3. The summed E-state index contributed by atoms with van der Waals surface area (Å²) in [6, 6.07) is 4.92. The molecule has 168 valence electrons. The Hall–Kier alpha value is -3.10. The van der Waals surface area contributed by atoms with Crippen LogP contribution < -0.4 is 14.8 Å². The molecule has 1 aliphatic heterocycles. The van der Waals surface area contributed by atoms with Gasteiger partial charge in [-0.1, -0.05) is 56.3 Å². The van der Waals surface area contributed by atoms with E-state index in [4.69, 9.17) is 14.2 Å². The van der Waals surface area contributed by atoms with Crippen LogP contribution in [0.25, 0.3) is 0 Å². The van der Waals surface area contributed by atoms with E-state index < -0.39 is 12.0 Å². The van der Waals surface area contributed by atoms with E-state index in [2.05, 4.69) is 27.8 Å². The summed E-state index contributed by atoms with van der Waals surface area (Å²) in [6.07, 6.45) is 6.73. The molecule has 9 heteroatoms. The summed E-state index contributed by atoms with van der Waals surface area (Å²) < 4.78 is 18.3. The fraction of sp³-hybridized carbons (Fsp3) is 0.545. The quantitative estimate of drug-likeness (QED) is 0.424. The molecule has 31 heavy (non-hydrogen) atoms. The smallest absolute Gasteiger partial charge is 0.338 e. The number of nitrogens with zero attached hydrogens (tertiary/aromatic N) is 4. The van der Waals surface area contributed by atoms with Crippen LogP contribution in [0.1, 0.15) is 64.0 Å². The molecule has 2 heterocycles. The van der Waals surface area contributed by atoms with Crippen LogP contribution in [0.2, 0.25) is 0 Å². The number of benzene rings is 1. The van der Waals surface area contributed by atoms with Gasteiger partial charge in [-0.25, -0.2) is 4.79 Å². The Kier molecular flexibility index (Phi) is 7.86. The highest BCUT2D eigenvalue weighted by molar-refractivity contribution is 5.92. The molecule has 0 amide bonds. The number of hydrogen-bond donors (Lipinski definition) is 1. The fourth-order valence-electron chi connectivity index (χ4n) is 3.82. The molecule has 1 N–H and O–H groups in total. The highest BCUT2D eigenvalue weighted by Gasteiger charge is 2.37. The molecule has 0 aliphatic carbocycles. The van der Waals surface area contributed by atoms with Crippen molar-refractivity contribution in [2.75, 3.05) is 26.1 Å². The van der Waals surface area contributed by atoms with Crippen molar-refractivity contribution in [1.82, 2.24) is 20.2 Å². The minimum absolute atomic E-state index is 0.381. The monoisotopic (exact) mass is 429 g/mol. The third-order valence-electron chi connectivity index (χ3n) is 5.39. The molecule has 1 aliphatic rings. The number of methoxy groups -OCH3 is 2. The van der Waals surface area contributed by atoms with Gasteiger partial charge >= 0.3 is 5.97 Å². The van der Waals surface area contributed by atoms with E-state index in [-0.39, 0.29) is 0 Å². The second kappa shape index (κ2) is 10.8. The van der Waals surface area contributed by atoms with Crippen molar-refractivity contribution < 1.29 is 19.0 Å². The maximum Gasteiger partial charge on any atom is 0.338 e. The van der Waals surface area contributed by atoms with Crippen LogP contribution in [0.3, 0.4) is 0 Å². The van der Waals surface area contributed by atoms with Gasteiger partial charge in [0.05, 0.1) is 26.4 Å². The van der Waals surface area contributed by atoms with E-state index in [1.54, 1.807) is 25.0 Å². The fourth-order valence-corrected chi connectivity index (χ4v) is 3.82. The number of aromatic nitrogens is 4. The average molecular weight is 430 g/mol. The van der Waals surface area contributed by atoms with Crippen molar-refractivity contribution in [3.63, 3.8) is 0 Å². The number of fused-ring (bicyclic) bond motifs is 1. The number of hydrogen-bond acceptors (Lipinski definition) is 8. The second-order valence-corrected chi connectivity index (χ2v) is 7.50. The molecular weight excluding hydrogens is 398 g/mol. The number of ether oxygens (including phenoxy) is 3.